The van der Waals surface area contributed by atoms with Gasteiger partial charge < -0.3 is 10.0 Å². The number of aryl methyl sites for hydroxylation is 2. The number of aliphatic hydroxyl groups is 1. The lowest BCUT2D eigenvalue weighted by Gasteiger charge is -2.22. The molecule has 1 N–H and O–H groups in total. The lowest BCUT2D eigenvalue weighted by atomic mass is 10.1. The van der Waals surface area contributed by atoms with Gasteiger partial charge in [0.15, 0.2) is 0 Å². The minimum absolute atomic E-state index is 0.0685. The largest absolute Gasteiger partial charge is 0.392 e. The van der Waals surface area contributed by atoms with Crippen molar-refractivity contribution >= 4 is 5.82 Å². The summed E-state index contributed by atoms with van der Waals surface area (Å²) in [6.07, 6.45) is 1.32. The van der Waals surface area contributed by atoms with E-state index in [1.165, 1.54) is 6.42 Å². The van der Waals surface area contributed by atoms with E-state index in [1.807, 2.05) is 19.9 Å². The Morgan fingerprint density at radius 3 is 2.65 bits per heavy atom. The molecule has 1 aromatic heterocycles. The number of rotatable bonds is 4. The summed E-state index contributed by atoms with van der Waals surface area (Å²) in [5.41, 5.74) is 3.11. The van der Waals surface area contributed by atoms with Crippen molar-refractivity contribution in [1.82, 2.24) is 4.98 Å². The molecule has 3 nitrogen and oxygen atoms in total. The number of hydrogen-bond acceptors (Lipinski definition) is 3. The Morgan fingerprint density at radius 1 is 1.47 bits per heavy atom. The van der Waals surface area contributed by atoms with Gasteiger partial charge in [-0.05, 0) is 43.7 Å². The highest BCUT2D eigenvalue weighted by molar-refractivity contribution is 5.51. The number of aromatic nitrogens is 1. The van der Waals surface area contributed by atoms with Crippen LogP contribution in [0.15, 0.2) is 6.07 Å². The molecule has 94 valence electrons. The van der Waals surface area contributed by atoms with E-state index in [-0.39, 0.29) is 6.61 Å². The third kappa shape index (κ3) is 2.60. The van der Waals surface area contributed by atoms with Crippen LogP contribution in [0.3, 0.4) is 0 Å². The number of aliphatic hydroxyl groups excluding tert-OH is 1. The zero-order chi connectivity index (χ0) is 12.6. The molecule has 17 heavy (non-hydrogen) atoms. The summed E-state index contributed by atoms with van der Waals surface area (Å²) in [4.78, 5) is 6.77. The number of hydrogen-bond donors (Lipinski definition) is 1. The number of pyridine rings is 1. The van der Waals surface area contributed by atoms with Crippen LogP contribution < -0.4 is 4.90 Å². The lowest BCUT2D eigenvalue weighted by Crippen LogP contribution is -2.23. The first-order chi connectivity index (χ1) is 8.02. The van der Waals surface area contributed by atoms with E-state index in [1.54, 1.807) is 0 Å². The molecule has 1 fully saturated rings. The molecule has 0 saturated heterocycles. The molecule has 0 radical (unpaired) electrons. The highest BCUT2D eigenvalue weighted by Gasteiger charge is 2.33. The van der Waals surface area contributed by atoms with Gasteiger partial charge in [-0.2, -0.15) is 0 Å². The first-order valence-electron chi connectivity index (χ1n) is 6.32. The molecule has 0 spiro atoms. The topological polar surface area (TPSA) is 36.4 Å². The van der Waals surface area contributed by atoms with Gasteiger partial charge in [-0.25, -0.2) is 4.98 Å². The van der Waals surface area contributed by atoms with Crippen molar-refractivity contribution in [3.63, 3.8) is 0 Å². The maximum absolute atomic E-state index is 9.47. The number of nitrogens with zero attached hydrogens (tertiary/aromatic N) is 2. The zero-order valence-corrected chi connectivity index (χ0v) is 11.2. The maximum Gasteiger partial charge on any atom is 0.134 e. The highest BCUT2D eigenvalue weighted by Crippen LogP contribution is 2.39. The van der Waals surface area contributed by atoms with E-state index in [4.69, 9.17) is 0 Å². The van der Waals surface area contributed by atoms with Crippen molar-refractivity contribution < 1.29 is 5.11 Å². The molecule has 2 atom stereocenters. The van der Waals surface area contributed by atoms with Crippen molar-refractivity contribution in [1.29, 1.82) is 0 Å². The van der Waals surface area contributed by atoms with Crippen LogP contribution in [0, 0.1) is 25.7 Å². The second kappa shape index (κ2) is 4.65. The van der Waals surface area contributed by atoms with Gasteiger partial charge in [0.1, 0.15) is 5.82 Å². The summed E-state index contributed by atoms with van der Waals surface area (Å²) in [5, 5.41) is 9.47. The Morgan fingerprint density at radius 2 is 2.12 bits per heavy atom. The monoisotopic (exact) mass is 234 g/mol. The predicted molar refractivity (Wildman–Crippen MR) is 70.2 cm³/mol. The lowest BCUT2D eigenvalue weighted by molar-refractivity contribution is 0.281. The normalized spacial score (nSPS) is 22.6. The van der Waals surface area contributed by atoms with Crippen molar-refractivity contribution in [2.75, 3.05) is 18.5 Å². The average molecular weight is 234 g/mol. The third-order valence-electron chi connectivity index (χ3n) is 3.76. The minimum Gasteiger partial charge on any atom is -0.392 e. The molecular formula is C14H22N2O. The molecular weight excluding hydrogens is 212 g/mol. The van der Waals surface area contributed by atoms with E-state index in [0.29, 0.717) is 0 Å². The second-order valence-corrected chi connectivity index (χ2v) is 5.39. The minimum atomic E-state index is 0.0685. The molecule has 1 aliphatic carbocycles. The van der Waals surface area contributed by atoms with Gasteiger partial charge in [0, 0.05) is 24.8 Å². The van der Waals surface area contributed by atoms with Gasteiger partial charge in [0.2, 0.25) is 0 Å². The summed E-state index contributed by atoms with van der Waals surface area (Å²) in [6, 6.07) is 2.03. The maximum atomic E-state index is 9.47. The fourth-order valence-electron chi connectivity index (χ4n) is 2.45. The van der Waals surface area contributed by atoms with Crippen LogP contribution in [0.5, 0.6) is 0 Å². The van der Waals surface area contributed by atoms with Crippen LogP contribution in [0.4, 0.5) is 5.82 Å². The van der Waals surface area contributed by atoms with Gasteiger partial charge in [-0.3, -0.25) is 0 Å². The van der Waals surface area contributed by atoms with E-state index < -0.39 is 0 Å². The van der Waals surface area contributed by atoms with Crippen LogP contribution in [0.25, 0.3) is 0 Å². The Hall–Kier alpha value is -1.09. The van der Waals surface area contributed by atoms with Gasteiger partial charge in [0.05, 0.1) is 6.61 Å². The van der Waals surface area contributed by atoms with Crippen LogP contribution in [0.1, 0.15) is 30.2 Å². The third-order valence-corrected chi connectivity index (χ3v) is 3.76. The Kier molecular flexibility index (Phi) is 3.38. The Balaban J connectivity index is 2.23. The van der Waals surface area contributed by atoms with Crippen LogP contribution in [-0.2, 0) is 6.61 Å². The zero-order valence-electron chi connectivity index (χ0n) is 11.2. The Bertz CT molecular complexity index is 417. The predicted octanol–water partition coefficient (Wildman–Crippen LogP) is 2.28. The van der Waals surface area contributed by atoms with Gasteiger partial charge in [-0.15, -0.1) is 0 Å². The molecule has 1 aliphatic rings. The first kappa shape index (κ1) is 12.4. The highest BCUT2D eigenvalue weighted by atomic mass is 16.3. The molecule has 3 heteroatoms. The molecule has 1 heterocycles. The van der Waals surface area contributed by atoms with Crippen LogP contribution >= 0.6 is 0 Å². The van der Waals surface area contributed by atoms with E-state index in [2.05, 4.69) is 23.9 Å². The standard InChI is InChI=1S/C14H22N2O/c1-9-6-12(9)7-16(4)14-13(8-17)10(2)5-11(3)15-14/h5,9,12,17H,6-8H2,1-4H3. The molecule has 0 aliphatic heterocycles. The van der Waals surface area contributed by atoms with E-state index in [9.17, 15) is 5.11 Å². The van der Waals surface area contributed by atoms with Crippen molar-refractivity contribution in [2.24, 2.45) is 11.8 Å². The van der Waals surface area contributed by atoms with Crippen molar-refractivity contribution in [3.8, 4) is 0 Å². The van der Waals surface area contributed by atoms with Crippen molar-refractivity contribution in [2.45, 2.75) is 33.8 Å². The molecule has 0 aromatic carbocycles. The smallest absolute Gasteiger partial charge is 0.134 e. The van der Waals surface area contributed by atoms with E-state index >= 15 is 0 Å². The summed E-state index contributed by atoms with van der Waals surface area (Å²) in [7, 11) is 2.07. The first-order valence-corrected chi connectivity index (χ1v) is 6.32. The fourth-order valence-corrected chi connectivity index (χ4v) is 2.45. The summed E-state index contributed by atoms with van der Waals surface area (Å²) in [5.74, 6) is 2.60. The fraction of sp³-hybridized carbons (Fsp3) is 0.643. The van der Waals surface area contributed by atoms with Gasteiger partial charge in [0.25, 0.3) is 0 Å². The summed E-state index contributed by atoms with van der Waals surface area (Å²) < 4.78 is 0. The van der Waals surface area contributed by atoms with Crippen LogP contribution in [-0.4, -0.2) is 23.7 Å². The van der Waals surface area contributed by atoms with Crippen molar-refractivity contribution in [3.05, 3.63) is 22.9 Å². The Labute approximate surface area is 103 Å². The van der Waals surface area contributed by atoms with E-state index in [0.717, 1.165) is 41.0 Å². The molecule has 0 bridgehead atoms. The molecule has 1 aromatic rings. The molecule has 1 saturated carbocycles. The SMILES string of the molecule is Cc1cc(C)c(CO)c(N(C)CC2CC2C)n1. The molecule has 2 unspecified atom stereocenters. The van der Waals surface area contributed by atoms with Crippen LogP contribution in [0.2, 0.25) is 0 Å². The summed E-state index contributed by atoms with van der Waals surface area (Å²) in [6.45, 7) is 7.45. The summed E-state index contributed by atoms with van der Waals surface area (Å²) >= 11 is 0. The molecule has 2 rings (SSSR count). The quantitative estimate of drug-likeness (QED) is 0.868. The average Bonchev–Trinajstić information content (AvgIpc) is 2.93. The number of anilines is 1. The van der Waals surface area contributed by atoms with Gasteiger partial charge >= 0.3 is 0 Å². The van der Waals surface area contributed by atoms with Gasteiger partial charge in [-0.1, -0.05) is 6.92 Å². The molecule has 0 amide bonds. The second-order valence-electron chi connectivity index (χ2n) is 5.39.